The van der Waals surface area contributed by atoms with E-state index in [1.54, 1.807) is 6.07 Å². The molecule has 4 N–H and O–H groups in total. The summed E-state index contributed by atoms with van der Waals surface area (Å²) in [6, 6.07) is 3.61. The summed E-state index contributed by atoms with van der Waals surface area (Å²) in [5, 5.41) is 13.3. The predicted molar refractivity (Wildman–Crippen MR) is 85.4 cm³/mol. The van der Waals surface area contributed by atoms with Crippen molar-refractivity contribution in [3.63, 3.8) is 0 Å². The third kappa shape index (κ3) is 4.77. The van der Waals surface area contributed by atoms with Gasteiger partial charge in [0.1, 0.15) is 5.82 Å². The van der Waals surface area contributed by atoms with Crippen LogP contribution in [0.2, 0.25) is 0 Å². The van der Waals surface area contributed by atoms with Crippen LogP contribution < -0.4 is 15.8 Å². The number of nitrogens with one attached hydrogen (secondary N) is 1. The highest BCUT2D eigenvalue weighted by Crippen LogP contribution is 2.30. The summed E-state index contributed by atoms with van der Waals surface area (Å²) in [4.78, 5) is 4.39. The van der Waals surface area contributed by atoms with Gasteiger partial charge in [-0.25, -0.2) is 0 Å². The van der Waals surface area contributed by atoms with Crippen molar-refractivity contribution in [1.82, 2.24) is 4.98 Å². The van der Waals surface area contributed by atoms with Crippen molar-refractivity contribution >= 4 is 11.5 Å². The fourth-order valence-electron chi connectivity index (χ4n) is 2.36. The zero-order chi connectivity index (χ0) is 15.2. The second-order valence-corrected chi connectivity index (χ2v) is 5.87. The van der Waals surface area contributed by atoms with Gasteiger partial charge in [-0.15, -0.1) is 0 Å². The molecule has 0 saturated heterocycles. The Morgan fingerprint density at radius 1 is 1.38 bits per heavy atom. The Balaban J connectivity index is 1.88. The van der Waals surface area contributed by atoms with Crippen molar-refractivity contribution in [3.05, 3.63) is 12.1 Å². The lowest BCUT2D eigenvalue weighted by atomic mass is 9.97. The monoisotopic (exact) mass is 293 g/mol. The van der Waals surface area contributed by atoms with Gasteiger partial charge < -0.3 is 20.9 Å². The smallest absolute Gasteiger partial charge is 0.239 e. The lowest BCUT2D eigenvalue weighted by Gasteiger charge is -2.20. The Bertz CT molecular complexity index is 445. The van der Waals surface area contributed by atoms with Gasteiger partial charge in [0.2, 0.25) is 5.88 Å². The molecule has 118 valence electrons. The van der Waals surface area contributed by atoms with Crippen molar-refractivity contribution in [2.45, 2.75) is 45.6 Å². The molecule has 0 bridgehead atoms. The molecule has 1 atom stereocenters. The fraction of sp³-hybridized carbons (Fsp3) is 0.688. The van der Waals surface area contributed by atoms with Crippen LogP contribution in [-0.2, 0) is 0 Å². The SMILES string of the molecule is CCC(CC)C(O)CNc1ccc(N)c(OCC2CC2)n1. The van der Waals surface area contributed by atoms with Crippen molar-refractivity contribution in [2.75, 3.05) is 24.2 Å². The van der Waals surface area contributed by atoms with Crippen molar-refractivity contribution in [3.8, 4) is 5.88 Å². The molecule has 1 heterocycles. The van der Waals surface area contributed by atoms with Crippen LogP contribution in [0.3, 0.4) is 0 Å². The van der Waals surface area contributed by atoms with Crippen LogP contribution >= 0.6 is 0 Å². The number of hydrogen-bond acceptors (Lipinski definition) is 5. The number of nitrogens with zero attached hydrogens (tertiary/aromatic N) is 1. The maximum absolute atomic E-state index is 10.1. The molecule has 0 aromatic carbocycles. The summed E-state index contributed by atoms with van der Waals surface area (Å²) < 4.78 is 5.66. The van der Waals surface area contributed by atoms with Crippen LogP contribution in [0.5, 0.6) is 5.88 Å². The van der Waals surface area contributed by atoms with Gasteiger partial charge in [0.15, 0.2) is 0 Å². The number of rotatable bonds is 9. The molecule has 0 amide bonds. The van der Waals surface area contributed by atoms with Crippen LogP contribution in [0.4, 0.5) is 11.5 Å². The minimum absolute atomic E-state index is 0.317. The van der Waals surface area contributed by atoms with Crippen LogP contribution in [0, 0.1) is 11.8 Å². The lowest BCUT2D eigenvalue weighted by Crippen LogP contribution is -2.28. The first kappa shape index (κ1) is 15.9. The van der Waals surface area contributed by atoms with Crippen LogP contribution in [0.1, 0.15) is 39.5 Å². The molecular formula is C16H27N3O2. The number of nitrogens with two attached hydrogens (primary N) is 1. The average Bonchev–Trinajstić information content (AvgIpc) is 3.30. The summed E-state index contributed by atoms with van der Waals surface area (Å²) in [6.45, 7) is 5.38. The highest BCUT2D eigenvalue weighted by atomic mass is 16.5. The number of nitrogen functional groups attached to an aromatic ring is 1. The Kier molecular flexibility index (Phi) is 5.67. The van der Waals surface area contributed by atoms with Gasteiger partial charge in [0.25, 0.3) is 0 Å². The molecular weight excluding hydrogens is 266 g/mol. The average molecular weight is 293 g/mol. The van der Waals surface area contributed by atoms with Gasteiger partial charge in [0, 0.05) is 6.54 Å². The molecule has 0 aliphatic heterocycles. The molecule has 1 aliphatic rings. The van der Waals surface area contributed by atoms with Gasteiger partial charge in [0.05, 0.1) is 18.4 Å². The summed E-state index contributed by atoms with van der Waals surface area (Å²) in [5.74, 6) is 2.17. The molecule has 1 fully saturated rings. The largest absolute Gasteiger partial charge is 0.476 e. The van der Waals surface area contributed by atoms with Crippen molar-refractivity contribution in [1.29, 1.82) is 0 Å². The van der Waals surface area contributed by atoms with Crippen LogP contribution in [0.15, 0.2) is 12.1 Å². The number of hydrogen-bond donors (Lipinski definition) is 3. The molecule has 1 aromatic heterocycles. The predicted octanol–water partition coefficient (Wildman–Crippen LogP) is 2.66. The van der Waals surface area contributed by atoms with Crippen molar-refractivity contribution in [2.24, 2.45) is 11.8 Å². The highest BCUT2D eigenvalue weighted by Gasteiger charge is 2.22. The first-order valence-corrected chi connectivity index (χ1v) is 7.95. The maximum Gasteiger partial charge on any atom is 0.239 e. The Hall–Kier alpha value is -1.49. The molecule has 0 radical (unpaired) electrons. The minimum Gasteiger partial charge on any atom is -0.476 e. The number of aliphatic hydroxyl groups is 1. The van der Waals surface area contributed by atoms with E-state index in [-0.39, 0.29) is 6.10 Å². The summed E-state index contributed by atoms with van der Waals surface area (Å²) >= 11 is 0. The molecule has 1 saturated carbocycles. The first-order valence-electron chi connectivity index (χ1n) is 7.95. The van der Waals surface area contributed by atoms with E-state index in [1.807, 2.05) is 6.07 Å². The topological polar surface area (TPSA) is 80.4 Å². The second-order valence-electron chi connectivity index (χ2n) is 5.87. The second kappa shape index (κ2) is 7.50. The molecule has 1 aliphatic carbocycles. The van der Waals surface area contributed by atoms with Gasteiger partial charge in [-0.3, -0.25) is 0 Å². The fourth-order valence-corrected chi connectivity index (χ4v) is 2.36. The van der Waals surface area contributed by atoms with Gasteiger partial charge >= 0.3 is 0 Å². The van der Waals surface area contributed by atoms with E-state index in [0.29, 0.717) is 42.4 Å². The third-order valence-electron chi connectivity index (χ3n) is 4.13. The maximum atomic E-state index is 10.1. The van der Waals surface area contributed by atoms with E-state index >= 15 is 0 Å². The molecule has 2 rings (SSSR count). The molecule has 21 heavy (non-hydrogen) atoms. The van der Waals surface area contributed by atoms with Gasteiger partial charge in [-0.2, -0.15) is 4.98 Å². The van der Waals surface area contributed by atoms with E-state index in [9.17, 15) is 5.11 Å². The molecule has 1 aromatic rings. The van der Waals surface area contributed by atoms with Crippen LogP contribution in [-0.4, -0.2) is 29.3 Å². The highest BCUT2D eigenvalue weighted by molar-refractivity contribution is 5.53. The first-order chi connectivity index (χ1) is 10.1. The molecule has 1 unspecified atom stereocenters. The van der Waals surface area contributed by atoms with Gasteiger partial charge in [-0.1, -0.05) is 26.7 Å². The third-order valence-corrected chi connectivity index (χ3v) is 4.13. The summed E-state index contributed by atoms with van der Waals surface area (Å²) in [6.07, 6.45) is 4.06. The number of aliphatic hydroxyl groups excluding tert-OH is 1. The summed E-state index contributed by atoms with van der Waals surface area (Å²) in [5.41, 5.74) is 6.44. The van der Waals surface area contributed by atoms with Crippen LogP contribution in [0.25, 0.3) is 0 Å². The minimum atomic E-state index is -0.366. The molecule has 5 heteroatoms. The van der Waals surface area contributed by atoms with E-state index in [2.05, 4.69) is 24.1 Å². The Morgan fingerprint density at radius 3 is 2.71 bits per heavy atom. The summed E-state index contributed by atoms with van der Waals surface area (Å²) in [7, 11) is 0. The number of pyridine rings is 1. The zero-order valence-corrected chi connectivity index (χ0v) is 13.0. The lowest BCUT2D eigenvalue weighted by molar-refractivity contribution is 0.114. The zero-order valence-electron chi connectivity index (χ0n) is 13.0. The van der Waals surface area contributed by atoms with E-state index < -0.39 is 0 Å². The Morgan fingerprint density at radius 2 is 2.10 bits per heavy atom. The standard InChI is InChI=1S/C16H27N3O2/c1-3-12(4-2)14(20)9-18-15-8-7-13(17)16(19-15)21-10-11-5-6-11/h7-8,11-12,14,20H,3-6,9-10,17H2,1-2H3,(H,18,19). The quantitative estimate of drug-likeness (QED) is 0.652. The molecule has 5 nitrogen and oxygen atoms in total. The number of aromatic nitrogens is 1. The van der Waals surface area contributed by atoms with Crippen molar-refractivity contribution < 1.29 is 9.84 Å². The Labute approximate surface area is 126 Å². The van der Waals surface area contributed by atoms with E-state index in [1.165, 1.54) is 12.8 Å². The number of anilines is 2. The normalized spacial score (nSPS) is 16.0. The number of ether oxygens (including phenoxy) is 1. The molecule has 0 spiro atoms. The van der Waals surface area contributed by atoms with Gasteiger partial charge in [-0.05, 0) is 36.8 Å². The van der Waals surface area contributed by atoms with E-state index in [0.717, 1.165) is 12.8 Å². The van der Waals surface area contributed by atoms with E-state index in [4.69, 9.17) is 10.5 Å².